The van der Waals surface area contributed by atoms with Crippen LogP contribution in [0.1, 0.15) is 55.5 Å². The van der Waals surface area contributed by atoms with Crippen LogP contribution < -0.4 is 4.74 Å². The molecule has 0 spiro atoms. The molecule has 0 saturated carbocycles. The Bertz CT molecular complexity index is 459. The SMILES string of the molecule is CCCC1(CCC)Cc2cc(OC)ccc2C(=O)O1. The summed E-state index contributed by atoms with van der Waals surface area (Å²) >= 11 is 0. The molecule has 0 bridgehead atoms. The van der Waals surface area contributed by atoms with E-state index in [9.17, 15) is 4.79 Å². The Balaban J connectivity index is 2.37. The van der Waals surface area contributed by atoms with Crippen molar-refractivity contribution in [1.29, 1.82) is 0 Å². The maximum Gasteiger partial charge on any atom is 0.338 e. The summed E-state index contributed by atoms with van der Waals surface area (Å²) in [5, 5.41) is 0. The Morgan fingerprint density at radius 1 is 1.26 bits per heavy atom. The van der Waals surface area contributed by atoms with Crippen LogP contribution in [0.3, 0.4) is 0 Å². The third-order valence-electron chi connectivity index (χ3n) is 3.77. The summed E-state index contributed by atoms with van der Waals surface area (Å²) in [7, 11) is 1.65. The number of carbonyl (C=O) groups excluding carboxylic acids is 1. The Labute approximate surface area is 114 Å². The minimum atomic E-state index is -0.319. The number of ether oxygens (including phenoxy) is 2. The van der Waals surface area contributed by atoms with Gasteiger partial charge in [0.2, 0.25) is 0 Å². The molecular weight excluding hydrogens is 240 g/mol. The molecule has 0 aliphatic carbocycles. The summed E-state index contributed by atoms with van der Waals surface area (Å²) in [6, 6.07) is 5.58. The van der Waals surface area contributed by atoms with Crippen molar-refractivity contribution in [2.45, 2.75) is 51.6 Å². The van der Waals surface area contributed by atoms with Crippen LogP contribution in [0.4, 0.5) is 0 Å². The topological polar surface area (TPSA) is 35.5 Å². The lowest BCUT2D eigenvalue weighted by Crippen LogP contribution is -2.41. The van der Waals surface area contributed by atoms with Crippen LogP contribution in [-0.4, -0.2) is 18.7 Å². The first-order valence-corrected chi connectivity index (χ1v) is 7.04. The third-order valence-corrected chi connectivity index (χ3v) is 3.77. The molecule has 0 unspecified atom stereocenters. The lowest BCUT2D eigenvalue weighted by atomic mass is 9.82. The highest BCUT2D eigenvalue weighted by Gasteiger charge is 2.38. The summed E-state index contributed by atoms with van der Waals surface area (Å²) in [6.07, 6.45) is 4.68. The van der Waals surface area contributed by atoms with Gasteiger partial charge < -0.3 is 9.47 Å². The molecule has 0 fully saturated rings. The fraction of sp³-hybridized carbons (Fsp3) is 0.562. The number of methoxy groups -OCH3 is 1. The van der Waals surface area contributed by atoms with Gasteiger partial charge in [0.25, 0.3) is 0 Å². The smallest absolute Gasteiger partial charge is 0.338 e. The van der Waals surface area contributed by atoms with Gasteiger partial charge in [-0.2, -0.15) is 0 Å². The minimum Gasteiger partial charge on any atom is -0.497 e. The quantitative estimate of drug-likeness (QED) is 0.758. The zero-order valence-corrected chi connectivity index (χ0v) is 12.0. The van der Waals surface area contributed by atoms with Crippen LogP contribution in [0, 0.1) is 0 Å². The first-order chi connectivity index (χ1) is 9.14. The Hall–Kier alpha value is -1.51. The maximum atomic E-state index is 12.2. The Morgan fingerprint density at radius 2 is 1.95 bits per heavy atom. The van der Waals surface area contributed by atoms with Gasteiger partial charge in [-0.15, -0.1) is 0 Å². The van der Waals surface area contributed by atoms with E-state index >= 15 is 0 Å². The zero-order chi connectivity index (χ0) is 13.9. The molecule has 1 aliphatic heterocycles. The standard InChI is InChI=1S/C16H22O3/c1-4-8-16(9-5-2)11-12-10-13(18-3)6-7-14(12)15(17)19-16/h6-7,10H,4-5,8-9,11H2,1-3H3. The predicted octanol–water partition coefficient (Wildman–Crippen LogP) is 3.75. The van der Waals surface area contributed by atoms with Crippen LogP contribution >= 0.6 is 0 Å². The van der Waals surface area contributed by atoms with Gasteiger partial charge in [-0.3, -0.25) is 0 Å². The van der Waals surface area contributed by atoms with Gasteiger partial charge in [-0.05, 0) is 36.6 Å². The monoisotopic (exact) mass is 262 g/mol. The molecule has 0 radical (unpaired) electrons. The molecule has 1 heterocycles. The van der Waals surface area contributed by atoms with E-state index in [1.54, 1.807) is 13.2 Å². The van der Waals surface area contributed by atoms with Gasteiger partial charge in [0.05, 0.1) is 12.7 Å². The lowest BCUT2D eigenvalue weighted by Gasteiger charge is -2.37. The summed E-state index contributed by atoms with van der Waals surface area (Å²) in [5.74, 6) is 0.612. The molecule has 0 atom stereocenters. The second-order valence-electron chi connectivity index (χ2n) is 5.27. The van der Waals surface area contributed by atoms with Crippen molar-refractivity contribution in [2.24, 2.45) is 0 Å². The van der Waals surface area contributed by atoms with E-state index in [0.29, 0.717) is 5.56 Å². The van der Waals surface area contributed by atoms with Crippen molar-refractivity contribution >= 4 is 5.97 Å². The van der Waals surface area contributed by atoms with Crippen molar-refractivity contribution in [3.63, 3.8) is 0 Å². The number of esters is 1. The van der Waals surface area contributed by atoms with E-state index in [-0.39, 0.29) is 11.6 Å². The van der Waals surface area contributed by atoms with E-state index in [0.717, 1.165) is 43.4 Å². The van der Waals surface area contributed by atoms with Gasteiger partial charge >= 0.3 is 5.97 Å². The molecule has 1 aromatic rings. The molecule has 3 heteroatoms. The number of rotatable bonds is 5. The molecular formula is C16H22O3. The average Bonchev–Trinajstić information content (AvgIpc) is 2.38. The Kier molecular flexibility index (Phi) is 4.13. The number of cyclic esters (lactones) is 1. The molecule has 0 N–H and O–H groups in total. The second kappa shape index (κ2) is 5.64. The van der Waals surface area contributed by atoms with E-state index in [1.165, 1.54) is 0 Å². The zero-order valence-electron chi connectivity index (χ0n) is 12.0. The van der Waals surface area contributed by atoms with Gasteiger partial charge in [0.15, 0.2) is 0 Å². The van der Waals surface area contributed by atoms with Crippen LogP contribution in [0.15, 0.2) is 18.2 Å². The summed E-state index contributed by atoms with van der Waals surface area (Å²) in [6.45, 7) is 4.26. The van der Waals surface area contributed by atoms with Crippen LogP contribution in [0.5, 0.6) is 5.75 Å². The van der Waals surface area contributed by atoms with Gasteiger partial charge in [-0.25, -0.2) is 4.79 Å². The van der Waals surface area contributed by atoms with Gasteiger partial charge in [0, 0.05) is 6.42 Å². The van der Waals surface area contributed by atoms with Crippen molar-refractivity contribution in [1.82, 2.24) is 0 Å². The number of fused-ring (bicyclic) bond motifs is 1. The van der Waals surface area contributed by atoms with E-state index < -0.39 is 0 Å². The number of benzene rings is 1. The van der Waals surface area contributed by atoms with Crippen LogP contribution in [0.25, 0.3) is 0 Å². The molecule has 0 saturated heterocycles. The largest absolute Gasteiger partial charge is 0.497 e. The molecule has 0 amide bonds. The lowest BCUT2D eigenvalue weighted by molar-refractivity contribution is -0.0344. The molecule has 0 aromatic heterocycles. The molecule has 2 rings (SSSR count). The number of carbonyl (C=O) groups is 1. The highest BCUT2D eigenvalue weighted by molar-refractivity contribution is 5.92. The van der Waals surface area contributed by atoms with E-state index in [4.69, 9.17) is 9.47 Å². The number of hydrogen-bond acceptors (Lipinski definition) is 3. The fourth-order valence-electron chi connectivity index (χ4n) is 2.99. The highest BCUT2D eigenvalue weighted by Crippen LogP contribution is 2.36. The van der Waals surface area contributed by atoms with Gasteiger partial charge in [-0.1, -0.05) is 26.7 Å². The molecule has 1 aromatic carbocycles. The second-order valence-corrected chi connectivity index (χ2v) is 5.27. The van der Waals surface area contributed by atoms with Crippen molar-refractivity contribution in [3.8, 4) is 5.75 Å². The normalized spacial score (nSPS) is 16.7. The van der Waals surface area contributed by atoms with Crippen molar-refractivity contribution < 1.29 is 14.3 Å². The summed E-state index contributed by atoms with van der Waals surface area (Å²) in [5.41, 5.74) is 1.42. The fourth-order valence-corrected chi connectivity index (χ4v) is 2.99. The van der Waals surface area contributed by atoms with E-state index in [1.807, 2.05) is 12.1 Å². The third kappa shape index (κ3) is 2.75. The molecule has 19 heavy (non-hydrogen) atoms. The van der Waals surface area contributed by atoms with Gasteiger partial charge in [0.1, 0.15) is 11.4 Å². The predicted molar refractivity (Wildman–Crippen MR) is 74.7 cm³/mol. The van der Waals surface area contributed by atoms with Crippen LogP contribution in [0.2, 0.25) is 0 Å². The van der Waals surface area contributed by atoms with Crippen molar-refractivity contribution in [3.05, 3.63) is 29.3 Å². The molecule has 1 aliphatic rings. The van der Waals surface area contributed by atoms with Crippen molar-refractivity contribution in [2.75, 3.05) is 7.11 Å². The summed E-state index contributed by atoms with van der Waals surface area (Å²) in [4.78, 5) is 12.2. The van der Waals surface area contributed by atoms with E-state index in [2.05, 4.69) is 13.8 Å². The van der Waals surface area contributed by atoms with Crippen LogP contribution in [-0.2, 0) is 11.2 Å². The summed E-state index contributed by atoms with van der Waals surface area (Å²) < 4.78 is 11.0. The highest BCUT2D eigenvalue weighted by atomic mass is 16.6. The molecule has 3 nitrogen and oxygen atoms in total. The minimum absolute atomic E-state index is 0.189. The average molecular weight is 262 g/mol. The first kappa shape index (κ1) is 13.9. The maximum absolute atomic E-state index is 12.2. The first-order valence-electron chi connectivity index (χ1n) is 7.04. The molecule has 104 valence electrons. The number of hydrogen-bond donors (Lipinski definition) is 0. The Morgan fingerprint density at radius 3 is 2.53 bits per heavy atom.